The summed E-state index contributed by atoms with van der Waals surface area (Å²) >= 11 is 7.21. The third-order valence-electron chi connectivity index (χ3n) is 3.18. The van der Waals surface area contributed by atoms with E-state index < -0.39 is 0 Å². The van der Waals surface area contributed by atoms with Crippen LogP contribution in [0.2, 0.25) is 0 Å². The van der Waals surface area contributed by atoms with E-state index in [1.165, 1.54) is 41.5 Å². The number of alkyl halides is 1. The fourth-order valence-electron chi connectivity index (χ4n) is 2.08. The van der Waals surface area contributed by atoms with Crippen molar-refractivity contribution in [3.8, 4) is 0 Å². The van der Waals surface area contributed by atoms with Crippen molar-refractivity contribution in [3.63, 3.8) is 0 Å². The van der Waals surface area contributed by atoms with Crippen molar-refractivity contribution in [2.75, 3.05) is 18.0 Å². The van der Waals surface area contributed by atoms with Crippen LogP contribution < -0.4 is 4.90 Å². The number of benzene rings is 1. The van der Waals surface area contributed by atoms with Gasteiger partial charge in [-0.1, -0.05) is 28.9 Å². The lowest BCUT2D eigenvalue weighted by Gasteiger charge is -2.25. The largest absolute Gasteiger partial charge is 0.370 e. The molecule has 1 nitrogen and oxygen atoms in total. The molecule has 0 unspecified atom stereocenters. The van der Waals surface area contributed by atoms with E-state index in [1.54, 1.807) is 0 Å². The molecule has 0 radical (unpaired) electrons. The predicted molar refractivity (Wildman–Crippen MR) is 82.0 cm³/mol. The van der Waals surface area contributed by atoms with Crippen molar-refractivity contribution in [1.29, 1.82) is 0 Å². The summed E-state index contributed by atoms with van der Waals surface area (Å²) in [5.74, 6) is 0.935. The third-order valence-corrected chi connectivity index (χ3v) is 4.46. The molecule has 1 aliphatic carbocycles. The molecule has 0 aliphatic heterocycles. The standard InChI is InChI=1S/C14H19Br2N/c1-2-7-17(10-11-3-4-11)14-6-5-12(9-15)8-13(14)16/h5-6,8,11H,2-4,7,9-10H2,1H3. The van der Waals surface area contributed by atoms with Crippen molar-refractivity contribution in [1.82, 2.24) is 0 Å². The maximum atomic E-state index is 3.71. The zero-order valence-electron chi connectivity index (χ0n) is 10.3. The lowest BCUT2D eigenvalue weighted by Crippen LogP contribution is -2.26. The zero-order chi connectivity index (χ0) is 12.3. The molecule has 0 atom stereocenters. The van der Waals surface area contributed by atoms with Crippen LogP contribution in [0.3, 0.4) is 0 Å². The first-order valence-electron chi connectivity index (χ1n) is 6.34. The quantitative estimate of drug-likeness (QED) is 0.647. The lowest BCUT2D eigenvalue weighted by atomic mass is 10.2. The second-order valence-electron chi connectivity index (χ2n) is 4.81. The molecule has 1 aromatic rings. The minimum absolute atomic E-state index is 0.919. The minimum Gasteiger partial charge on any atom is -0.370 e. The van der Waals surface area contributed by atoms with Gasteiger partial charge in [-0.15, -0.1) is 0 Å². The van der Waals surface area contributed by atoms with E-state index >= 15 is 0 Å². The Morgan fingerprint density at radius 1 is 1.35 bits per heavy atom. The first kappa shape index (κ1) is 13.4. The Kier molecular flexibility index (Phi) is 4.92. The highest BCUT2D eigenvalue weighted by Crippen LogP contribution is 2.34. The summed E-state index contributed by atoms with van der Waals surface area (Å²) < 4.78 is 1.23. The van der Waals surface area contributed by atoms with Gasteiger partial charge in [0.15, 0.2) is 0 Å². The molecule has 3 heteroatoms. The summed E-state index contributed by atoms with van der Waals surface area (Å²) in [7, 11) is 0. The Balaban J connectivity index is 2.15. The first-order valence-corrected chi connectivity index (χ1v) is 8.25. The Morgan fingerprint density at radius 3 is 2.65 bits per heavy atom. The molecule has 0 bridgehead atoms. The van der Waals surface area contributed by atoms with Gasteiger partial charge in [-0.3, -0.25) is 0 Å². The molecular formula is C14H19Br2N. The summed E-state index contributed by atoms with van der Waals surface area (Å²) in [4.78, 5) is 2.53. The molecule has 0 amide bonds. The van der Waals surface area contributed by atoms with E-state index in [0.29, 0.717) is 0 Å². The van der Waals surface area contributed by atoms with E-state index in [9.17, 15) is 0 Å². The van der Waals surface area contributed by atoms with Crippen LogP contribution in [0.15, 0.2) is 22.7 Å². The fourth-order valence-corrected chi connectivity index (χ4v) is 3.11. The zero-order valence-corrected chi connectivity index (χ0v) is 13.4. The third kappa shape index (κ3) is 3.72. The lowest BCUT2D eigenvalue weighted by molar-refractivity contribution is 0.707. The van der Waals surface area contributed by atoms with E-state index in [-0.39, 0.29) is 0 Å². The maximum Gasteiger partial charge on any atom is 0.0510 e. The number of hydrogen-bond donors (Lipinski definition) is 0. The second-order valence-corrected chi connectivity index (χ2v) is 6.22. The SMILES string of the molecule is CCCN(CC1CC1)c1ccc(CBr)cc1Br. The number of nitrogens with zero attached hydrogens (tertiary/aromatic N) is 1. The van der Waals surface area contributed by atoms with Crippen LogP contribution in [0, 0.1) is 5.92 Å². The monoisotopic (exact) mass is 359 g/mol. The van der Waals surface area contributed by atoms with Gasteiger partial charge in [0.1, 0.15) is 0 Å². The number of anilines is 1. The van der Waals surface area contributed by atoms with Crippen LogP contribution >= 0.6 is 31.9 Å². The smallest absolute Gasteiger partial charge is 0.0510 e. The molecule has 0 spiro atoms. The Hall–Kier alpha value is -0.0200. The van der Waals surface area contributed by atoms with E-state index in [2.05, 4.69) is 61.9 Å². The molecule has 1 aromatic carbocycles. The molecule has 1 fully saturated rings. The molecule has 0 aromatic heterocycles. The van der Waals surface area contributed by atoms with Crippen molar-refractivity contribution < 1.29 is 0 Å². The summed E-state index contributed by atoms with van der Waals surface area (Å²) in [6.07, 6.45) is 4.04. The van der Waals surface area contributed by atoms with Crippen molar-refractivity contribution in [2.24, 2.45) is 5.92 Å². The van der Waals surface area contributed by atoms with Crippen molar-refractivity contribution in [2.45, 2.75) is 31.5 Å². The fraction of sp³-hybridized carbons (Fsp3) is 0.571. The van der Waals surface area contributed by atoms with Crippen LogP contribution in [0.25, 0.3) is 0 Å². The molecule has 1 saturated carbocycles. The molecular weight excluding hydrogens is 342 g/mol. The molecule has 0 saturated heterocycles. The summed E-state index contributed by atoms with van der Waals surface area (Å²) in [6.45, 7) is 4.63. The summed E-state index contributed by atoms with van der Waals surface area (Å²) in [6, 6.07) is 6.68. The highest BCUT2D eigenvalue weighted by molar-refractivity contribution is 9.10. The Morgan fingerprint density at radius 2 is 2.12 bits per heavy atom. The molecule has 94 valence electrons. The van der Waals surface area contributed by atoms with Gasteiger partial charge in [0.05, 0.1) is 5.69 Å². The van der Waals surface area contributed by atoms with Gasteiger partial charge in [-0.2, -0.15) is 0 Å². The van der Waals surface area contributed by atoms with Gasteiger partial charge in [0, 0.05) is 22.9 Å². The molecule has 1 aliphatic rings. The van der Waals surface area contributed by atoms with Crippen LogP contribution in [0.5, 0.6) is 0 Å². The Labute approximate surface area is 121 Å². The number of rotatable bonds is 6. The number of hydrogen-bond acceptors (Lipinski definition) is 1. The van der Waals surface area contributed by atoms with E-state index in [4.69, 9.17) is 0 Å². The van der Waals surface area contributed by atoms with Crippen LogP contribution in [0.1, 0.15) is 31.7 Å². The normalized spacial score (nSPS) is 15.0. The highest BCUT2D eigenvalue weighted by Gasteiger charge is 2.24. The highest BCUT2D eigenvalue weighted by atomic mass is 79.9. The Bertz CT molecular complexity index is 374. The minimum atomic E-state index is 0.919. The maximum absolute atomic E-state index is 3.71. The first-order chi connectivity index (χ1) is 8.24. The average Bonchev–Trinajstić information content (AvgIpc) is 3.12. The van der Waals surface area contributed by atoms with Crippen molar-refractivity contribution >= 4 is 37.5 Å². The van der Waals surface area contributed by atoms with Gasteiger partial charge in [-0.05, 0) is 58.8 Å². The topological polar surface area (TPSA) is 3.24 Å². The predicted octanol–water partition coefficient (Wildman–Crippen LogP) is 4.97. The number of halogens is 2. The molecule has 2 rings (SSSR count). The summed E-state index contributed by atoms with van der Waals surface area (Å²) in [5, 5.41) is 0.919. The van der Waals surface area contributed by atoms with Gasteiger partial charge in [0.25, 0.3) is 0 Å². The average molecular weight is 361 g/mol. The van der Waals surface area contributed by atoms with E-state index in [1.807, 2.05) is 0 Å². The van der Waals surface area contributed by atoms with Crippen LogP contribution in [-0.2, 0) is 5.33 Å². The van der Waals surface area contributed by atoms with Crippen molar-refractivity contribution in [3.05, 3.63) is 28.2 Å². The molecule has 0 N–H and O–H groups in total. The van der Waals surface area contributed by atoms with Gasteiger partial charge in [0.2, 0.25) is 0 Å². The van der Waals surface area contributed by atoms with Gasteiger partial charge >= 0.3 is 0 Å². The van der Waals surface area contributed by atoms with E-state index in [0.717, 1.165) is 17.8 Å². The molecule has 17 heavy (non-hydrogen) atoms. The van der Waals surface area contributed by atoms with Crippen LogP contribution in [-0.4, -0.2) is 13.1 Å². The van der Waals surface area contributed by atoms with Gasteiger partial charge < -0.3 is 4.90 Å². The second kappa shape index (κ2) is 6.24. The molecule has 0 heterocycles. The van der Waals surface area contributed by atoms with Gasteiger partial charge in [-0.25, -0.2) is 0 Å². The van der Waals surface area contributed by atoms with Crippen LogP contribution in [0.4, 0.5) is 5.69 Å². The summed E-state index contributed by atoms with van der Waals surface area (Å²) in [5.41, 5.74) is 2.67.